The predicted molar refractivity (Wildman–Crippen MR) is 130 cm³/mol. The zero-order valence-electron chi connectivity index (χ0n) is 18.2. The summed E-state index contributed by atoms with van der Waals surface area (Å²) in [7, 11) is 1.65. The van der Waals surface area contributed by atoms with Crippen LogP contribution in [0.15, 0.2) is 65.7 Å². The molecule has 6 heteroatoms. The number of ether oxygens (including phenoxy) is 1. The third kappa shape index (κ3) is 4.33. The summed E-state index contributed by atoms with van der Waals surface area (Å²) in [5, 5.41) is 4.53. The maximum absolute atomic E-state index is 13.3. The lowest BCUT2D eigenvalue weighted by Crippen LogP contribution is -2.35. The number of rotatable bonds is 7. The van der Waals surface area contributed by atoms with Crippen molar-refractivity contribution < 1.29 is 4.74 Å². The van der Waals surface area contributed by atoms with Crippen molar-refractivity contribution in [3.8, 4) is 5.75 Å². The lowest BCUT2D eigenvalue weighted by Gasteiger charge is -2.23. The minimum Gasteiger partial charge on any atom is -0.497 e. The number of hydrogen-bond acceptors (Lipinski definition) is 5. The molecule has 2 heterocycles. The SMILES string of the molecule is COc1cccc(Cn2cnc3sc4c(c3c2=O)CCC(NCCc2ccccc2)C4)c1. The molecule has 0 saturated heterocycles. The van der Waals surface area contributed by atoms with Crippen molar-refractivity contribution in [3.63, 3.8) is 0 Å². The van der Waals surface area contributed by atoms with Crippen LogP contribution in [0.1, 0.15) is 28.0 Å². The van der Waals surface area contributed by atoms with Gasteiger partial charge in [0.2, 0.25) is 0 Å². The molecule has 2 aromatic carbocycles. The van der Waals surface area contributed by atoms with E-state index < -0.39 is 0 Å². The fourth-order valence-corrected chi connectivity index (χ4v) is 5.78. The maximum atomic E-state index is 13.3. The molecule has 4 aromatic rings. The zero-order valence-corrected chi connectivity index (χ0v) is 19.0. The van der Waals surface area contributed by atoms with Crippen molar-refractivity contribution >= 4 is 21.6 Å². The summed E-state index contributed by atoms with van der Waals surface area (Å²) in [4.78, 5) is 20.1. The molecule has 0 saturated carbocycles. The number of hydrogen-bond donors (Lipinski definition) is 1. The average Bonchev–Trinajstić information content (AvgIpc) is 3.20. The normalized spacial score (nSPS) is 15.6. The van der Waals surface area contributed by atoms with Gasteiger partial charge < -0.3 is 10.1 Å². The molecular weight excluding hydrogens is 418 g/mol. The molecule has 1 aliphatic carbocycles. The monoisotopic (exact) mass is 445 g/mol. The second-order valence-electron chi connectivity index (χ2n) is 8.34. The Labute approximate surface area is 191 Å². The van der Waals surface area contributed by atoms with Crippen molar-refractivity contribution in [2.75, 3.05) is 13.7 Å². The Bertz CT molecular complexity index is 1280. The lowest BCUT2D eigenvalue weighted by atomic mass is 9.93. The highest BCUT2D eigenvalue weighted by Crippen LogP contribution is 2.33. The minimum absolute atomic E-state index is 0.0609. The first-order chi connectivity index (χ1) is 15.7. The number of benzene rings is 2. The Balaban J connectivity index is 1.32. The first kappa shape index (κ1) is 20.9. The van der Waals surface area contributed by atoms with E-state index in [2.05, 4.69) is 40.6 Å². The molecule has 0 fully saturated rings. The van der Waals surface area contributed by atoms with Gasteiger partial charge in [0, 0.05) is 10.9 Å². The summed E-state index contributed by atoms with van der Waals surface area (Å²) < 4.78 is 7.03. The molecule has 2 aromatic heterocycles. The standard InChI is InChI=1S/C26H27N3O2S/c1-31-21-9-5-8-19(14-21)16-29-17-28-25-24(26(29)30)22-11-10-20(15-23(22)32-25)27-13-12-18-6-3-2-4-7-18/h2-9,14,17,20,27H,10-13,15-16H2,1H3. The second-order valence-corrected chi connectivity index (χ2v) is 9.43. The van der Waals surface area contributed by atoms with E-state index in [0.29, 0.717) is 12.6 Å². The zero-order chi connectivity index (χ0) is 21.9. The van der Waals surface area contributed by atoms with Gasteiger partial charge in [-0.2, -0.15) is 0 Å². The Morgan fingerprint density at radius 2 is 2.00 bits per heavy atom. The van der Waals surface area contributed by atoms with Crippen LogP contribution in [0, 0.1) is 0 Å². The van der Waals surface area contributed by atoms with E-state index in [-0.39, 0.29) is 5.56 Å². The van der Waals surface area contributed by atoms with Crippen LogP contribution >= 0.6 is 11.3 Å². The quantitative estimate of drug-likeness (QED) is 0.463. The minimum atomic E-state index is 0.0609. The molecule has 0 amide bonds. The van der Waals surface area contributed by atoms with Gasteiger partial charge in [-0.3, -0.25) is 9.36 Å². The first-order valence-electron chi connectivity index (χ1n) is 11.1. The summed E-state index contributed by atoms with van der Waals surface area (Å²) in [5.41, 5.74) is 3.66. The van der Waals surface area contributed by atoms with Crippen LogP contribution < -0.4 is 15.6 Å². The average molecular weight is 446 g/mol. The summed E-state index contributed by atoms with van der Waals surface area (Å²) in [6, 6.07) is 18.9. The van der Waals surface area contributed by atoms with Crippen molar-refractivity contribution in [3.05, 3.63) is 92.8 Å². The predicted octanol–water partition coefficient (Wildman–Crippen LogP) is 4.20. The van der Waals surface area contributed by atoms with Gasteiger partial charge in [-0.15, -0.1) is 11.3 Å². The number of nitrogens with zero attached hydrogens (tertiary/aromatic N) is 2. The number of aromatic nitrogens is 2. The first-order valence-corrected chi connectivity index (χ1v) is 11.9. The largest absolute Gasteiger partial charge is 0.497 e. The molecule has 0 aliphatic heterocycles. The van der Waals surface area contributed by atoms with Crippen molar-refractivity contribution in [1.29, 1.82) is 0 Å². The Hall–Kier alpha value is -2.96. The van der Waals surface area contributed by atoms with Gasteiger partial charge in [0.1, 0.15) is 10.6 Å². The number of fused-ring (bicyclic) bond motifs is 3. The summed E-state index contributed by atoms with van der Waals surface area (Å²) in [6.07, 6.45) is 5.67. The van der Waals surface area contributed by atoms with E-state index in [1.807, 2.05) is 24.3 Å². The van der Waals surface area contributed by atoms with Crippen molar-refractivity contribution in [2.45, 2.75) is 38.3 Å². The van der Waals surface area contributed by atoms with Crippen LogP contribution in [0.25, 0.3) is 10.2 Å². The smallest absolute Gasteiger partial charge is 0.262 e. The van der Waals surface area contributed by atoms with Crippen LogP contribution in [0.3, 0.4) is 0 Å². The van der Waals surface area contributed by atoms with E-state index in [4.69, 9.17) is 4.74 Å². The molecule has 1 unspecified atom stereocenters. The van der Waals surface area contributed by atoms with E-state index >= 15 is 0 Å². The van der Waals surface area contributed by atoms with Crippen LogP contribution in [-0.2, 0) is 25.8 Å². The van der Waals surface area contributed by atoms with E-state index in [1.165, 1.54) is 16.0 Å². The third-order valence-corrected chi connectivity index (χ3v) is 7.37. The van der Waals surface area contributed by atoms with Crippen LogP contribution in [0.5, 0.6) is 5.75 Å². The van der Waals surface area contributed by atoms with Gasteiger partial charge in [0.05, 0.1) is 25.4 Å². The maximum Gasteiger partial charge on any atom is 0.262 e. The Morgan fingerprint density at radius 1 is 1.16 bits per heavy atom. The lowest BCUT2D eigenvalue weighted by molar-refractivity contribution is 0.414. The van der Waals surface area contributed by atoms with Crippen LogP contribution in [0.2, 0.25) is 0 Å². The summed E-state index contributed by atoms with van der Waals surface area (Å²) in [5.74, 6) is 0.795. The van der Waals surface area contributed by atoms with Gasteiger partial charge in [-0.25, -0.2) is 4.98 Å². The van der Waals surface area contributed by atoms with Gasteiger partial charge in [0.15, 0.2) is 0 Å². The third-order valence-electron chi connectivity index (χ3n) is 6.21. The topological polar surface area (TPSA) is 56.2 Å². The van der Waals surface area contributed by atoms with Gasteiger partial charge >= 0.3 is 0 Å². The molecule has 0 bridgehead atoms. The van der Waals surface area contributed by atoms with Crippen LogP contribution in [0.4, 0.5) is 0 Å². The fraction of sp³-hybridized carbons (Fsp3) is 0.308. The van der Waals surface area contributed by atoms with E-state index in [9.17, 15) is 4.79 Å². The molecule has 1 N–H and O–H groups in total. The van der Waals surface area contributed by atoms with Crippen molar-refractivity contribution in [2.24, 2.45) is 0 Å². The molecule has 164 valence electrons. The highest BCUT2D eigenvalue weighted by molar-refractivity contribution is 7.18. The number of methoxy groups -OCH3 is 1. The highest BCUT2D eigenvalue weighted by Gasteiger charge is 2.25. The fourth-order valence-electron chi connectivity index (χ4n) is 4.52. The van der Waals surface area contributed by atoms with Crippen LogP contribution in [-0.4, -0.2) is 29.2 Å². The molecule has 5 nitrogen and oxygen atoms in total. The van der Waals surface area contributed by atoms with Gasteiger partial charge in [-0.1, -0.05) is 42.5 Å². The second kappa shape index (κ2) is 9.27. The molecular formula is C26H27N3O2S. The Morgan fingerprint density at radius 3 is 2.84 bits per heavy atom. The van der Waals surface area contributed by atoms with E-state index in [0.717, 1.165) is 53.8 Å². The van der Waals surface area contributed by atoms with Gasteiger partial charge in [-0.05, 0) is 61.1 Å². The van der Waals surface area contributed by atoms with Gasteiger partial charge in [0.25, 0.3) is 5.56 Å². The summed E-state index contributed by atoms with van der Waals surface area (Å²) in [6.45, 7) is 1.47. The van der Waals surface area contributed by atoms with E-state index in [1.54, 1.807) is 29.3 Å². The number of thiophene rings is 1. The molecule has 1 atom stereocenters. The number of aryl methyl sites for hydroxylation is 1. The summed E-state index contributed by atoms with van der Waals surface area (Å²) >= 11 is 1.68. The highest BCUT2D eigenvalue weighted by atomic mass is 32.1. The molecule has 0 radical (unpaired) electrons. The molecule has 5 rings (SSSR count). The van der Waals surface area contributed by atoms with Crippen molar-refractivity contribution in [1.82, 2.24) is 14.9 Å². The molecule has 1 aliphatic rings. The Kier molecular flexibility index (Phi) is 6.06. The molecule has 32 heavy (non-hydrogen) atoms. The number of nitrogens with one attached hydrogen (secondary N) is 1. The molecule has 0 spiro atoms.